The topological polar surface area (TPSA) is 50.2 Å². The van der Waals surface area contributed by atoms with Crippen molar-refractivity contribution in [2.45, 2.75) is 57.0 Å². The molecular formula is C21H28N4O. The standard InChI is InChI=1S/C21H28N4O/c1-17(18-9-2-3-10-19(18)25-16-8-13-22-25)23-20(26)21(11-4-5-12-21)24-14-6-7-15-24/h2-3,8-10,13,16-17H,4-7,11-12,14-15H2,1H3,(H,23,26)/t17-/m0/s1. The molecule has 1 aliphatic heterocycles. The largest absolute Gasteiger partial charge is 0.348 e. The predicted octanol–water partition coefficient (Wildman–Crippen LogP) is 3.46. The van der Waals surface area contributed by atoms with Crippen LogP contribution in [0.25, 0.3) is 5.69 Å². The highest BCUT2D eigenvalue weighted by molar-refractivity contribution is 5.87. The summed E-state index contributed by atoms with van der Waals surface area (Å²) in [6.45, 7) is 4.20. The fourth-order valence-electron chi connectivity index (χ4n) is 4.67. The first-order valence-electron chi connectivity index (χ1n) is 9.86. The van der Waals surface area contributed by atoms with E-state index in [1.165, 1.54) is 12.8 Å². The van der Waals surface area contributed by atoms with Crippen molar-refractivity contribution in [2.24, 2.45) is 0 Å². The zero-order valence-corrected chi connectivity index (χ0v) is 15.5. The minimum Gasteiger partial charge on any atom is -0.348 e. The average molecular weight is 352 g/mol. The Kier molecular flexibility index (Phi) is 4.81. The van der Waals surface area contributed by atoms with Crippen molar-refractivity contribution in [1.82, 2.24) is 20.0 Å². The average Bonchev–Trinajstić information content (AvgIpc) is 3.44. The van der Waals surface area contributed by atoms with E-state index in [2.05, 4.69) is 34.4 Å². The second-order valence-electron chi connectivity index (χ2n) is 7.64. The van der Waals surface area contributed by atoms with Gasteiger partial charge in [-0.1, -0.05) is 31.0 Å². The van der Waals surface area contributed by atoms with Gasteiger partial charge in [-0.25, -0.2) is 4.68 Å². The maximum atomic E-state index is 13.4. The van der Waals surface area contributed by atoms with Crippen molar-refractivity contribution >= 4 is 5.91 Å². The van der Waals surface area contributed by atoms with Crippen molar-refractivity contribution < 1.29 is 4.79 Å². The Morgan fingerprint density at radius 3 is 2.54 bits per heavy atom. The van der Waals surface area contributed by atoms with Gasteiger partial charge in [-0.3, -0.25) is 9.69 Å². The van der Waals surface area contributed by atoms with Crippen LogP contribution in [0.15, 0.2) is 42.7 Å². The van der Waals surface area contributed by atoms with Crippen LogP contribution in [0.5, 0.6) is 0 Å². The maximum absolute atomic E-state index is 13.4. The van der Waals surface area contributed by atoms with Crippen molar-refractivity contribution in [3.63, 3.8) is 0 Å². The van der Waals surface area contributed by atoms with E-state index in [9.17, 15) is 4.79 Å². The normalized spacial score (nSPS) is 21.0. The Hall–Kier alpha value is -2.14. The zero-order valence-electron chi connectivity index (χ0n) is 15.5. The molecule has 1 saturated heterocycles. The SMILES string of the molecule is C[C@H](NC(=O)C1(N2CCCC2)CCCC1)c1ccccc1-n1cccn1. The van der Waals surface area contributed by atoms with Crippen LogP contribution >= 0.6 is 0 Å². The molecule has 2 aliphatic rings. The summed E-state index contributed by atoms with van der Waals surface area (Å²) in [4.78, 5) is 15.8. The Balaban J connectivity index is 1.56. The molecule has 2 aromatic rings. The first-order chi connectivity index (χ1) is 12.7. The lowest BCUT2D eigenvalue weighted by atomic mass is 9.93. The molecule has 1 atom stereocenters. The van der Waals surface area contributed by atoms with E-state index in [0.717, 1.165) is 50.0 Å². The van der Waals surface area contributed by atoms with Gasteiger partial charge in [-0.05, 0) is 63.4 Å². The molecule has 1 N–H and O–H groups in total. The number of likely N-dealkylation sites (tertiary alicyclic amines) is 1. The molecule has 0 spiro atoms. The Labute approximate surface area is 155 Å². The number of para-hydroxylation sites is 1. The monoisotopic (exact) mass is 352 g/mol. The molecule has 0 radical (unpaired) electrons. The summed E-state index contributed by atoms with van der Waals surface area (Å²) in [5, 5.41) is 7.70. The Morgan fingerprint density at radius 2 is 1.85 bits per heavy atom. The number of aromatic nitrogens is 2. The molecule has 1 saturated carbocycles. The number of carbonyl (C=O) groups excluding carboxylic acids is 1. The summed E-state index contributed by atoms with van der Waals surface area (Å²) in [5.41, 5.74) is 1.83. The Bertz CT molecular complexity index is 743. The summed E-state index contributed by atoms with van der Waals surface area (Å²) in [7, 11) is 0. The van der Waals surface area contributed by atoms with Crippen LogP contribution in [0.2, 0.25) is 0 Å². The third-order valence-corrected chi connectivity index (χ3v) is 6.07. The summed E-state index contributed by atoms with van der Waals surface area (Å²) < 4.78 is 1.86. The number of hydrogen-bond donors (Lipinski definition) is 1. The highest BCUT2D eigenvalue weighted by Gasteiger charge is 2.47. The molecule has 1 aliphatic carbocycles. The van der Waals surface area contributed by atoms with Gasteiger partial charge in [-0.15, -0.1) is 0 Å². The quantitative estimate of drug-likeness (QED) is 0.896. The predicted molar refractivity (Wildman–Crippen MR) is 102 cm³/mol. The number of hydrogen-bond acceptors (Lipinski definition) is 3. The lowest BCUT2D eigenvalue weighted by Crippen LogP contribution is -2.56. The molecule has 0 unspecified atom stereocenters. The second-order valence-corrected chi connectivity index (χ2v) is 7.64. The van der Waals surface area contributed by atoms with Crippen LogP contribution in [0.3, 0.4) is 0 Å². The Morgan fingerprint density at radius 1 is 1.12 bits per heavy atom. The first-order valence-corrected chi connectivity index (χ1v) is 9.86. The summed E-state index contributed by atoms with van der Waals surface area (Å²) in [6, 6.07) is 10.0. The highest BCUT2D eigenvalue weighted by Crippen LogP contribution is 2.38. The summed E-state index contributed by atoms with van der Waals surface area (Å²) in [5.74, 6) is 0.208. The smallest absolute Gasteiger partial charge is 0.240 e. The fraction of sp³-hybridized carbons (Fsp3) is 0.524. The van der Waals surface area contributed by atoms with Gasteiger partial charge < -0.3 is 5.32 Å². The molecule has 2 fully saturated rings. The van der Waals surface area contributed by atoms with E-state index in [-0.39, 0.29) is 17.5 Å². The van der Waals surface area contributed by atoms with E-state index in [1.807, 2.05) is 29.1 Å². The van der Waals surface area contributed by atoms with E-state index in [0.29, 0.717) is 0 Å². The van der Waals surface area contributed by atoms with Crippen molar-refractivity contribution in [3.05, 3.63) is 48.3 Å². The van der Waals surface area contributed by atoms with Gasteiger partial charge in [-0.2, -0.15) is 5.10 Å². The minimum atomic E-state index is -0.286. The lowest BCUT2D eigenvalue weighted by molar-refractivity contribution is -0.133. The van der Waals surface area contributed by atoms with E-state index < -0.39 is 0 Å². The number of rotatable bonds is 5. The second kappa shape index (κ2) is 7.23. The first kappa shape index (κ1) is 17.3. The van der Waals surface area contributed by atoms with Crippen LogP contribution in [-0.2, 0) is 4.79 Å². The number of nitrogens with zero attached hydrogens (tertiary/aromatic N) is 3. The summed E-state index contributed by atoms with van der Waals surface area (Å²) in [6.07, 6.45) is 10.4. The van der Waals surface area contributed by atoms with Gasteiger partial charge in [0.25, 0.3) is 0 Å². The molecular weight excluding hydrogens is 324 g/mol. The van der Waals surface area contributed by atoms with E-state index in [4.69, 9.17) is 0 Å². The fourth-order valence-corrected chi connectivity index (χ4v) is 4.67. The molecule has 1 aromatic heterocycles. The van der Waals surface area contributed by atoms with Gasteiger partial charge in [0, 0.05) is 12.4 Å². The number of carbonyl (C=O) groups is 1. The summed E-state index contributed by atoms with van der Waals surface area (Å²) >= 11 is 0. The molecule has 1 aromatic carbocycles. The number of amides is 1. The van der Waals surface area contributed by atoms with Gasteiger partial charge in [0.15, 0.2) is 0 Å². The lowest BCUT2D eigenvalue weighted by Gasteiger charge is -2.38. The van der Waals surface area contributed by atoms with Gasteiger partial charge in [0.05, 0.1) is 11.7 Å². The molecule has 138 valence electrons. The van der Waals surface area contributed by atoms with E-state index >= 15 is 0 Å². The van der Waals surface area contributed by atoms with Crippen LogP contribution in [0.4, 0.5) is 0 Å². The number of benzene rings is 1. The third kappa shape index (κ3) is 3.05. The maximum Gasteiger partial charge on any atom is 0.240 e. The molecule has 5 nitrogen and oxygen atoms in total. The van der Waals surface area contributed by atoms with Crippen molar-refractivity contribution in [1.29, 1.82) is 0 Å². The van der Waals surface area contributed by atoms with Gasteiger partial charge in [0.1, 0.15) is 5.54 Å². The minimum absolute atomic E-state index is 0.0528. The molecule has 1 amide bonds. The van der Waals surface area contributed by atoms with Crippen LogP contribution in [0.1, 0.15) is 57.1 Å². The molecule has 2 heterocycles. The molecule has 5 heteroatoms. The van der Waals surface area contributed by atoms with Gasteiger partial charge in [0.2, 0.25) is 5.91 Å². The highest BCUT2D eigenvalue weighted by atomic mass is 16.2. The van der Waals surface area contributed by atoms with Crippen molar-refractivity contribution in [2.75, 3.05) is 13.1 Å². The molecule has 0 bridgehead atoms. The van der Waals surface area contributed by atoms with Crippen LogP contribution in [0, 0.1) is 0 Å². The molecule has 4 rings (SSSR count). The van der Waals surface area contributed by atoms with E-state index in [1.54, 1.807) is 6.20 Å². The van der Waals surface area contributed by atoms with Gasteiger partial charge >= 0.3 is 0 Å². The van der Waals surface area contributed by atoms with Crippen molar-refractivity contribution in [3.8, 4) is 5.69 Å². The van der Waals surface area contributed by atoms with Crippen LogP contribution in [-0.4, -0.2) is 39.2 Å². The van der Waals surface area contributed by atoms with Crippen LogP contribution < -0.4 is 5.32 Å². The molecule has 26 heavy (non-hydrogen) atoms. The zero-order chi connectivity index (χ0) is 18.0. The number of nitrogens with one attached hydrogen (secondary N) is 1. The third-order valence-electron chi connectivity index (χ3n) is 6.07.